The fraction of sp³-hybridized carbons (Fsp3) is 0.312. The molecule has 3 heteroatoms. The molecule has 0 saturated heterocycles. The first kappa shape index (κ1) is 13.7. The van der Waals surface area contributed by atoms with Gasteiger partial charge in [-0.05, 0) is 54.7 Å². The van der Waals surface area contributed by atoms with Crippen molar-refractivity contribution in [2.45, 2.75) is 32.7 Å². The molecule has 0 bridgehead atoms. The standard InChI is InChI=1S/C16H19FN2/c1-3-12-5-4-8-19-16(12)15(18)10-13-9-14(17)7-6-11(13)2/h4-9,15H,3,10,18H2,1-2H3. The molecule has 1 aromatic heterocycles. The summed E-state index contributed by atoms with van der Waals surface area (Å²) in [5.74, 6) is -0.218. The van der Waals surface area contributed by atoms with Gasteiger partial charge in [0, 0.05) is 6.20 Å². The van der Waals surface area contributed by atoms with Crippen LogP contribution in [-0.2, 0) is 12.8 Å². The number of hydrogen-bond donors (Lipinski definition) is 1. The van der Waals surface area contributed by atoms with Gasteiger partial charge in [-0.1, -0.05) is 19.1 Å². The molecule has 2 nitrogen and oxygen atoms in total. The lowest BCUT2D eigenvalue weighted by Crippen LogP contribution is -2.17. The Hall–Kier alpha value is -1.74. The Morgan fingerprint density at radius 2 is 2.05 bits per heavy atom. The maximum Gasteiger partial charge on any atom is 0.123 e. The van der Waals surface area contributed by atoms with Crippen LogP contribution in [0.25, 0.3) is 0 Å². The van der Waals surface area contributed by atoms with Gasteiger partial charge in [0.2, 0.25) is 0 Å². The molecule has 0 fully saturated rings. The van der Waals surface area contributed by atoms with Crippen LogP contribution < -0.4 is 5.73 Å². The molecule has 2 N–H and O–H groups in total. The van der Waals surface area contributed by atoms with Gasteiger partial charge in [0.15, 0.2) is 0 Å². The van der Waals surface area contributed by atoms with Crippen molar-refractivity contribution in [2.75, 3.05) is 0 Å². The van der Waals surface area contributed by atoms with E-state index in [1.165, 1.54) is 6.07 Å². The van der Waals surface area contributed by atoms with E-state index in [1.54, 1.807) is 18.3 Å². The van der Waals surface area contributed by atoms with Crippen LogP contribution >= 0.6 is 0 Å². The summed E-state index contributed by atoms with van der Waals surface area (Å²) >= 11 is 0. The summed E-state index contributed by atoms with van der Waals surface area (Å²) in [6.45, 7) is 4.06. The average molecular weight is 258 g/mol. The van der Waals surface area contributed by atoms with Gasteiger partial charge in [0.05, 0.1) is 11.7 Å². The minimum atomic E-state index is -0.218. The zero-order chi connectivity index (χ0) is 13.8. The number of aromatic nitrogens is 1. The van der Waals surface area contributed by atoms with Crippen molar-refractivity contribution in [3.63, 3.8) is 0 Å². The molecule has 0 saturated carbocycles. The highest BCUT2D eigenvalue weighted by Crippen LogP contribution is 2.20. The van der Waals surface area contributed by atoms with Gasteiger partial charge in [-0.15, -0.1) is 0 Å². The molecule has 1 atom stereocenters. The van der Waals surface area contributed by atoms with Gasteiger partial charge in [0.1, 0.15) is 5.82 Å². The normalized spacial score (nSPS) is 12.4. The van der Waals surface area contributed by atoms with Gasteiger partial charge < -0.3 is 5.73 Å². The van der Waals surface area contributed by atoms with Crippen LogP contribution in [-0.4, -0.2) is 4.98 Å². The third kappa shape index (κ3) is 3.18. The molecule has 1 heterocycles. The van der Waals surface area contributed by atoms with Crippen LogP contribution in [0.3, 0.4) is 0 Å². The van der Waals surface area contributed by atoms with Crippen LogP contribution in [0, 0.1) is 12.7 Å². The fourth-order valence-corrected chi connectivity index (χ4v) is 2.28. The number of benzene rings is 1. The molecule has 0 aliphatic heterocycles. The van der Waals surface area contributed by atoms with Crippen molar-refractivity contribution in [1.29, 1.82) is 0 Å². The first-order valence-corrected chi connectivity index (χ1v) is 6.56. The highest BCUT2D eigenvalue weighted by atomic mass is 19.1. The minimum Gasteiger partial charge on any atom is -0.322 e. The number of nitrogens with zero attached hydrogens (tertiary/aromatic N) is 1. The molecule has 0 aliphatic carbocycles. The van der Waals surface area contributed by atoms with E-state index in [1.807, 2.05) is 19.1 Å². The van der Waals surface area contributed by atoms with E-state index in [-0.39, 0.29) is 11.9 Å². The summed E-state index contributed by atoms with van der Waals surface area (Å²) in [7, 11) is 0. The highest BCUT2D eigenvalue weighted by Gasteiger charge is 2.13. The van der Waals surface area contributed by atoms with E-state index >= 15 is 0 Å². The van der Waals surface area contributed by atoms with Gasteiger partial charge in [-0.3, -0.25) is 4.98 Å². The third-order valence-corrected chi connectivity index (χ3v) is 3.41. The molecule has 0 aliphatic rings. The minimum absolute atomic E-state index is 0.198. The van der Waals surface area contributed by atoms with E-state index < -0.39 is 0 Å². The predicted octanol–water partition coefficient (Wildman–Crippen LogP) is 3.33. The topological polar surface area (TPSA) is 38.9 Å². The lowest BCUT2D eigenvalue weighted by Gasteiger charge is -2.16. The van der Waals surface area contributed by atoms with E-state index in [0.717, 1.165) is 28.8 Å². The van der Waals surface area contributed by atoms with Gasteiger partial charge in [-0.2, -0.15) is 0 Å². The second-order valence-corrected chi connectivity index (χ2v) is 4.78. The molecule has 1 aromatic carbocycles. The fourth-order valence-electron chi connectivity index (χ4n) is 2.28. The summed E-state index contributed by atoms with van der Waals surface area (Å²) in [5.41, 5.74) is 10.3. The van der Waals surface area contributed by atoms with Gasteiger partial charge in [-0.25, -0.2) is 4.39 Å². The Labute approximate surface area is 113 Å². The molecule has 2 aromatic rings. The van der Waals surface area contributed by atoms with Crippen molar-refractivity contribution in [1.82, 2.24) is 4.98 Å². The maximum absolute atomic E-state index is 13.3. The lowest BCUT2D eigenvalue weighted by atomic mass is 9.96. The van der Waals surface area contributed by atoms with Crippen molar-refractivity contribution in [3.05, 3.63) is 64.7 Å². The molecule has 0 amide bonds. The van der Waals surface area contributed by atoms with Crippen molar-refractivity contribution >= 4 is 0 Å². The quantitative estimate of drug-likeness (QED) is 0.913. The number of aryl methyl sites for hydroxylation is 2. The van der Waals surface area contributed by atoms with E-state index in [0.29, 0.717) is 6.42 Å². The highest BCUT2D eigenvalue weighted by molar-refractivity contribution is 5.30. The number of halogens is 1. The summed E-state index contributed by atoms with van der Waals surface area (Å²) in [6, 6.07) is 8.59. The average Bonchev–Trinajstić information content (AvgIpc) is 2.42. The summed E-state index contributed by atoms with van der Waals surface area (Å²) in [6.07, 6.45) is 3.26. The zero-order valence-corrected chi connectivity index (χ0v) is 11.4. The largest absolute Gasteiger partial charge is 0.322 e. The molecular weight excluding hydrogens is 239 g/mol. The Morgan fingerprint density at radius 3 is 2.79 bits per heavy atom. The number of rotatable bonds is 4. The summed E-state index contributed by atoms with van der Waals surface area (Å²) in [5, 5.41) is 0. The Morgan fingerprint density at radius 1 is 1.26 bits per heavy atom. The van der Waals surface area contributed by atoms with Crippen LogP contribution in [0.5, 0.6) is 0 Å². The number of nitrogens with two attached hydrogens (primary N) is 1. The Bertz CT molecular complexity index is 566. The summed E-state index contributed by atoms with van der Waals surface area (Å²) < 4.78 is 13.3. The predicted molar refractivity (Wildman–Crippen MR) is 75.4 cm³/mol. The van der Waals surface area contributed by atoms with Crippen molar-refractivity contribution in [3.8, 4) is 0 Å². The van der Waals surface area contributed by atoms with Crippen LogP contribution in [0.1, 0.15) is 35.3 Å². The van der Waals surface area contributed by atoms with E-state index in [9.17, 15) is 4.39 Å². The zero-order valence-electron chi connectivity index (χ0n) is 11.4. The molecule has 19 heavy (non-hydrogen) atoms. The van der Waals surface area contributed by atoms with Crippen LogP contribution in [0.4, 0.5) is 4.39 Å². The SMILES string of the molecule is CCc1cccnc1C(N)Cc1cc(F)ccc1C. The monoisotopic (exact) mass is 258 g/mol. The van der Waals surface area contributed by atoms with Crippen LogP contribution in [0.15, 0.2) is 36.5 Å². The molecular formula is C16H19FN2. The first-order chi connectivity index (χ1) is 9.11. The molecule has 2 rings (SSSR count). The lowest BCUT2D eigenvalue weighted by molar-refractivity contribution is 0.619. The van der Waals surface area contributed by atoms with E-state index in [2.05, 4.69) is 11.9 Å². The molecule has 0 spiro atoms. The van der Waals surface area contributed by atoms with E-state index in [4.69, 9.17) is 5.73 Å². The molecule has 1 unspecified atom stereocenters. The third-order valence-electron chi connectivity index (χ3n) is 3.41. The van der Waals surface area contributed by atoms with Crippen molar-refractivity contribution in [2.24, 2.45) is 5.73 Å². The number of pyridine rings is 1. The first-order valence-electron chi connectivity index (χ1n) is 6.56. The maximum atomic E-state index is 13.3. The van der Waals surface area contributed by atoms with Gasteiger partial charge in [0.25, 0.3) is 0 Å². The van der Waals surface area contributed by atoms with Gasteiger partial charge >= 0.3 is 0 Å². The smallest absolute Gasteiger partial charge is 0.123 e. The second-order valence-electron chi connectivity index (χ2n) is 4.78. The van der Waals surface area contributed by atoms with Crippen LogP contribution in [0.2, 0.25) is 0 Å². The van der Waals surface area contributed by atoms with Crippen molar-refractivity contribution < 1.29 is 4.39 Å². The summed E-state index contributed by atoms with van der Waals surface area (Å²) in [4.78, 5) is 4.38. The molecule has 0 radical (unpaired) electrons. The molecule has 100 valence electrons. The Kier molecular flexibility index (Phi) is 4.27. The second kappa shape index (κ2) is 5.93. The Balaban J connectivity index is 2.25. The number of hydrogen-bond acceptors (Lipinski definition) is 2.